The first-order chi connectivity index (χ1) is 9.02. The van der Waals surface area contributed by atoms with Crippen molar-refractivity contribution in [3.63, 3.8) is 0 Å². The van der Waals surface area contributed by atoms with Crippen molar-refractivity contribution >= 4 is 34.2 Å². The highest BCUT2D eigenvalue weighted by Crippen LogP contribution is 2.29. The number of rotatable bonds is 3. The second kappa shape index (κ2) is 6.05. The summed E-state index contributed by atoms with van der Waals surface area (Å²) < 4.78 is 6.14. The molecular formula is C14H14ClIN2O. The molecule has 19 heavy (non-hydrogen) atoms. The molecule has 5 heteroatoms. The first-order valence-corrected chi connectivity index (χ1v) is 7.36. The summed E-state index contributed by atoms with van der Waals surface area (Å²) in [6.45, 7) is 4.19. The SMILES string of the molecule is COc1cccc(-c2nc(Cl)c(I)c(C(C)C)n2)c1. The fourth-order valence-corrected chi connectivity index (χ4v) is 2.75. The van der Waals surface area contributed by atoms with Crippen LogP contribution >= 0.6 is 34.2 Å². The lowest BCUT2D eigenvalue weighted by Crippen LogP contribution is -2.02. The molecule has 0 amide bonds. The van der Waals surface area contributed by atoms with Crippen LogP contribution in [0.2, 0.25) is 5.15 Å². The van der Waals surface area contributed by atoms with Crippen molar-refractivity contribution in [2.75, 3.05) is 7.11 Å². The Balaban J connectivity index is 2.56. The molecule has 0 saturated carbocycles. The maximum Gasteiger partial charge on any atom is 0.161 e. The Bertz CT molecular complexity index is 602. The van der Waals surface area contributed by atoms with E-state index in [1.54, 1.807) is 7.11 Å². The molecule has 0 aliphatic carbocycles. The minimum Gasteiger partial charge on any atom is -0.497 e. The second-order valence-corrected chi connectivity index (χ2v) is 5.86. The number of methoxy groups -OCH3 is 1. The molecule has 1 heterocycles. The van der Waals surface area contributed by atoms with E-state index in [4.69, 9.17) is 16.3 Å². The predicted molar refractivity (Wildman–Crippen MR) is 85.8 cm³/mol. The molecule has 0 unspecified atom stereocenters. The lowest BCUT2D eigenvalue weighted by molar-refractivity contribution is 0.415. The Hall–Kier alpha value is -0.880. The van der Waals surface area contributed by atoms with Crippen LogP contribution < -0.4 is 4.74 Å². The van der Waals surface area contributed by atoms with Gasteiger partial charge in [0.05, 0.1) is 16.4 Å². The molecule has 0 saturated heterocycles. The summed E-state index contributed by atoms with van der Waals surface area (Å²) in [4.78, 5) is 8.97. The molecular weight excluding hydrogens is 375 g/mol. The van der Waals surface area contributed by atoms with Gasteiger partial charge in [-0.3, -0.25) is 0 Å². The number of hydrogen-bond acceptors (Lipinski definition) is 3. The van der Waals surface area contributed by atoms with Gasteiger partial charge in [-0.05, 0) is 40.6 Å². The molecule has 0 aliphatic rings. The molecule has 0 radical (unpaired) electrons. The van der Waals surface area contributed by atoms with Gasteiger partial charge in [0, 0.05) is 5.56 Å². The first kappa shape index (κ1) is 14.5. The van der Waals surface area contributed by atoms with Crippen molar-refractivity contribution in [1.29, 1.82) is 0 Å². The van der Waals surface area contributed by atoms with E-state index in [2.05, 4.69) is 46.4 Å². The Morgan fingerprint density at radius 1 is 1.26 bits per heavy atom. The smallest absolute Gasteiger partial charge is 0.161 e. The van der Waals surface area contributed by atoms with Crippen LogP contribution in [0.1, 0.15) is 25.5 Å². The summed E-state index contributed by atoms with van der Waals surface area (Å²) in [6.07, 6.45) is 0. The Morgan fingerprint density at radius 2 is 2.00 bits per heavy atom. The summed E-state index contributed by atoms with van der Waals surface area (Å²) in [5.41, 5.74) is 1.87. The third-order valence-electron chi connectivity index (χ3n) is 2.71. The van der Waals surface area contributed by atoms with Gasteiger partial charge in [0.2, 0.25) is 0 Å². The van der Waals surface area contributed by atoms with Crippen LogP contribution in [-0.4, -0.2) is 17.1 Å². The Labute approximate surface area is 131 Å². The van der Waals surface area contributed by atoms with Gasteiger partial charge >= 0.3 is 0 Å². The topological polar surface area (TPSA) is 35.0 Å². The lowest BCUT2D eigenvalue weighted by Gasteiger charge is -2.11. The third kappa shape index (κ3) is 3.17. The van der Waals surface area contributed by atoms with Gasteiger partial charge in [-0.15, -0.1) is 0 Å². The molecule has 0 atom stereocenters. The van der Waals surface area contributed by atoms with E-state index in [0.717, 1.165) is 20.6 Å². The maximum atomic E-state index is 6.20. The molecule has 100 valence electrons. The number of nitrogens with zero attached hydrogens (tertiary/aromatic N) is 2. The fraction of sp³-hybridized carbons (Fsp3) is 0.286. The monoisotopic (exact) mass is 388 g/mol. The van der Waals surface area contributed by atoms with Gasteiger partial charge in [0.15, 0.2) is 5.82 Å². The largest absolute Gasteiger partial charge is 0.497 e. The van der Waals surface area contributed by atoms with Crippen LogP contribution in [0.15, 0.2) is 24.3 Å². The summed E-state index contributed by atoms with van der Waals surface area (Å²) in [7, 11) is 1.64. The van der Waals surface area contributed by atoms with E-state index in [9.17, 15) is 0 Å². The zero-order valence-corrected chi connectivity index (χ0v) is 13.9. The number of ether oxygens (including phenoxy) is 1. The van der Waals surface area contributed by atoms with E-state index >= 15 is 0 Å². The van der Waals surface area contributed by atoms with Crippen molar-refractivity contribution in [3.05, 3.63) is 38.7 Å². The average Bonchev–Trinajstić information content (AvgIpc) is 2.41. The molecule has 0 fully saturated rings. The second-order valence-electron chi connectivity index (χ2n) is 4.42. The molecule has 0 aliphatic heterocycles. The fourth-order valence-electron chi connectivity index (χ4n) is 1.71. The van der Waals surface area contributed by atoms with Crippen molar-refractivity contribution in [2.45, 2.75) is 19.8 Å². The van der Waals surface area contributed by atoms with E-state index in [1.807, 2.05) is 24.3 Å². The highest BCUT2D eigenvalue weighted by atomic mass is 127. The third-order valence-corrected chi connectivity index (χ3v) is 4.37. The van der Waals surface area contributed by atoms with Gasteiger partial charge in [0.25, 0.3) is 0 Å². The number of halogens is 2. The molecule has 0 spiro atoms. The highest BCUT2D eigenvalue weighted by Gasteiger charge is 2.14. The maximum absolute atomic E-state index is 6.20. The minimum absolute atomic E-state index is 0.303. The van der Waals surface area contributed by atoms with Crippen LogP contribution in [0.4, 0.5) is 0 Å². The van der Waals surface area contributed by atoms with Crippen molar-refractivity contribution in [2.24, 2.45) is 0 Å². The van der Waals surface area contributed by atoms with Gasteiger partial charge in [-0.1, -0.05) is 37.6 Å². The van der Waals surface area contributed by atoms with Crippen LogP contribution in [0.5, 0.6) is 5.75 Å². The summed E-state index contributed by atoms with van der Waals surface area (Å²) in [5.74, 6) is 1.71. The summed E-state index contributed by atoms with van der Waals surface area (Å²) in [5, 5.41) is 0.497. The molecule has 0 bridgehead atoms. The zero-order chi connectivity index (χ0) is 14.0. The lowest BCUT2D eigenvalue weighted by atomic mass is 10.1. The minimum atomic E-state index is 0.303. The Kier molecular flexibility index (Phi) is 4.62. The van der Waals surface area contributed by atoms with Gasteiger partial charge in [0.1, 0.15) is 10.9 Å². The van der Waals surface area contributed by atoms with Crippen LogP contribution in [0, 0.1) is 3.57 Å². The van der Waals surface area contributed by atoms with Gasteiger partial charge in [-0.25, -0.2) is 9.97 Å². The molecule has 2 rings (SSSR count). The molecule has 1 aromatic carbocycles. The van der Waals surface area contributed by atoms with Crippen LogP contribution in [0.3, 0.4) is 0 Å². The molecule has 1 aromatic heterocycles. The highest BCUT2D eigenvalue weighted by molar-refractivity contribution is 14.1. The molecule has 3 nitrogen and oxygen atoms in total. The van der Waals surface area contributed by atoms with Crippen LogP contribution in [0.25, 0.3) is 11.4 Å². The van der Waals surface area contributed by atoms with Crippen molar-refractivity contribution < 1.29 is 4.74 Å². The normalized spacial score (nSPS) is 10.8. The number of aromatic nitrogens is 2. The zero-order valence-electron chi connectivity index (χ0n) is 10.9. The van der Waals surface area contributed by atoms with E-state index < -0.39 is 0 Å². The standard InChI is InChI=1S/C14H14ClIN2O/c1-8(2)12-11(16)13(15)18-14(17-12)9-5-4-6-10(7-9)19-3/h4-8H,1-3H3. The van der Waals surface area contributed by atoms with Gasteiger partial charge < -0.3 is 4.74 Å². The average molecular weight is 389 g/mol. The quantitative estimate of drug-likeness (QED) is 0.572. The molecule has 0 N–H and O–H groups in total. The van der Waals surface area contributed by atoms with Crippen LogP contribution in [-0.2, 0) is 0 Å². The number of hydrogen-bond donors (Lipinski definition) is 0. The van der Waals surface area contributed by atoms with Crippen molar-refractivity contribution in [3.8, 4) is 17.1 Å². The van der Waals surface area contributed by atoms with E-state index in [0.29, 0.717) is 16.9 Å². The predicted octanol–water partition coefficient (Wildman–Crippen LogP) is 4.53. The van der Waals surface area contributed by atoms with E-state index in [1.165, 1.54) is 0 Å². The van der Waals surface area contributed by atoms with Crippen molar-refractivity contribution in [1.82, 2.24) is 9.97 Å². The Morgan fingerprint density at radius 3 is 2.63 bits per heavy atom. The summed E-state index contributed by atoms with van der Waals surface area (Å²) >= 11 is 8.39. The summed E-state index contributed by atoms with van der Waals surface area (Å²) in [6, 6.07) is 7.66. The number of benzene rings is 1. The van der Waals surface area contributed by atoms with E-state index in [-0.39, 0.29) is 0 Å². The molecule has 2 aromatic rings. The first-order valence-electron chi connectivity index (χ1n) is 5.90. The van der Waals surface area contributed by atoms with Gasteiger partial charge in [-0.2, -0.15) is 0 Å².